The second-order valence-corrected chi connectivity index (χ2v) is 8.10. The molecule has 1 fully saturated rings. The monoisotopic (exact) mass is 525 g/mol. The minimum absolute atomic E-state index is 0.0743. The average molecular weight is 525 g/mol. The fourth-order valence-corrected chi connectivity index (χ4v) is 4.00. The smallest absolute Gasteiger partial charge is 0.417 e. The summed E-state index contributed by atoms with van der Waals surface area (Å²) in [7, 11) is 0. The van der Waals surface area contributed by atoms with Gasteiger partial charge in [-0.3, -0.25) is 9.59 Å². The summed E-state index contributed by atoms with van der Waals surface area (Å²) in [6.45, 7) is -2.07. The van der Waals surface area contributed by atoms with E-state index in [1.54, 1.807) is 0 Å². The molecule has 1 aromatic carbocycles. The number of nitrogens with two attached hydrogens (primary N) is 1. The third kappa shape index (κ3) is 4.74. The first kappa shape index (κ1) is 27.0. The zero-order chi connectivity index (χ0) is 27.2. The van der Waals surface area contributed by atoms with Crippen molar-refractivity contribution in [3.05, 3.63) is 58.6 Å². The molecular formula is C21H18F7N3O5. The van der Waals surface area contributed by atoms with Gasteiger partial charge in [0, 0.05) is 29.5 Å². The normalized spacial score (nSPS) is 24.1. The summed E-state index contributed by atoms with van der Waals surface area (Å²) >= 11 is 0. The number of aromatic nitrogens is 1. The van der Waals surface area contributed by atoms with E-state index in [2.05, 4.69) is 10.1 Å². The average Bonchev–Trinajstić information content (AvgIpc) is 3.04. The van der Waals surface area contributed by atoms with Crippen molar-refractivity contribution >= 4 is 17.5 Å². The Hall–Kier alpha value is -3.62. The number of benzene rings is 1. The molecule has 2 amide bonds. The van der Waals surface area contributed by atoms with Crippen molar-refractivity contribution in [2.24, 2.45) is 11.7 Å². The first-order valence-corrected chi connectivity index (χ1v) is 10.1. The first-order valence-electron chi connectivity index (χ1n) is 10.1. The van der Waals surface area contributed by atoms with E-state index in [1.165, 1.54) is 0 Å². The van der Waals surface area contributed by atoms with Crippen LogP contribution in [0.25, 0.3) is 0 Å². The molecule has 0 aliphatic carbocycles. The zero-order valence-corrected chi connectivity index (χ0v) is 18.4. The summed E-state index contributed by atoms with van der Waals surface area (Å²) in [6, 6.07) is 3.04. The lowest BCUT2D eigenvalue weighted by Crippen LogP contribution is -2.47. The van der Waals surface area contributed by atoms with Crippen LogP contribution in [0.1, 0.15) is 35.8 Å². The van der Waals surface area contributed by atoms with Gasteiger partial charge in [-0.1, -0.05) is 13.0 Å². The Morgan fingerprint density at radius 1 is 1.25 bits per heavy atom. The van der Waals surface area contributed by atoms with Crippen molar-refractivity contribution in [3.63, 3.8) is 0 Å². The van der Waals surface area contributed by atoms with Gasteiger partial charge in [-0.25, -0.2) is 4.39 Å². The highest BCUT2D eigenvalue weighted by Gasteiger charge is 2.66. The largest absolute Gasteiger partial charge is 0.618 e. The fourth-order valence-electron chi connectivity index (χ4n) is 4.00. The second-order valence-electron chi connectivity index (χ2n) is 8.10. The van der Waals surface area contributed by atoms with Crippen molar-refractivity contribution in [1.29, 1.82) is 0 Å². The van der Waals surface area contributed by atoms with E-state index in [0.717, 1.165) is 31.3 Å². The summed E-state index contributed by atoms with van der Waals surface area (Å²) in [5, 5.41) is 13.8. The molecule has 2 aromatic rings. The highest BCUT2D eigenvalue weighted by atomic mass is 19.4. The predicted octanol–water partition coefficient (Wildman–Crippen LogP) is 3.38. The Kier molecular flexibility index (Phi) is 7.08. The van der Waals surface area contributed by atoms with E-state index in [9.17, 15) is 45.5 Å². The second kappa shape index (κ2) is 9.44. The van der Waals surface area contributed by atoms with Crippen LogP contribution in [0, 0.1) is 22.8 Å². The number of ether oxygens (including phenoxy) is 2. The number of hydrogen-bond acceptors (Lipinski definition) is 5. The fraction of sp³-hybridized carbons (Fsp3) is 0.381. The number of anilines is 1. The molecule has 2 heterocycles. The van der Waals surface area contributed by atoms with Gasteiger partial charge in [0.25, 0.3) is 11.6 Å². The Bertz CT molecular complexity index is 1190. The Labute approximate surface area is 198 Å². The molecule has 3 N–H and O–H groups in total. The lowest BCUT2D eigenvalue weighted by atomic mass is 9.77. The summed E-state index contributed by atoms with van der Waals surface area (Å²) < 4.78 is 105. The molecule has 0 spiro atoms. The molecule has 0 saturated carbocycles. The van der Waals surface area contributed by atoms with Gasteiger partial charge in [-0.15, -0.1) is 0 Å². The summed E-state index contributed by atoms with van der Waals surface area (Å²) in [4.78, 5) is 24.4. The van der Waals surface area contributed by atoms with Crippen LogP contribution in [-0.2, 0) is 9.53 Å². The van der Waals surface area contributed by atoms with E-state index in [1.807, 2.05) is 0 Å². The van der Waals surface area contributed by atoms with Crippen molar-refractivity contribution < 1.29 is 54.5 Å². The lowest BCUT2D eigenvalue weighted by molar-refractivity contribution is -0.607. The number of carbonyl (C=O) groups excluding carboxylic acids is 2. The lowest BCUT2D eigenvalue weighted by Gasteiger charge is -2.32. The SMILES string of the molecule is C[C@@H]1[C@H](c2ccc(F)c(F)c2OC(F)F)[C@@H](C(=O)Nc2cc[n+]([O-])c(C(N)=O)c2)O[C@@]1(C)C(F)(F)F. The molecule has 8 nitrogen and oxygen atoms in total. The molecule has 0 unspecified atom stereocenters. The van der Waals surface area contributed by atoms with Crippen LogP contribution in [0.15, 0.2) is 30.5 Å². The van der Waals surface area contributed by atoms with Crippen LogP contribution in [0.4, 0.5) is 36.4 Å². The van der Waals surface area contributed by atoms with Crippen LogP contribution in [0.3, 0.4) is 0 Å². The molecule has 0 bridgehead atoms. The van der Waals surface area contributed by atoms with E-state index >= 15 is 0 Å². The maximum Gasteiger partial charge on any atom is 0.417 e. The van der Waals surface area contributed by atoms with Crippen LogP contribution in [-0.4, -0.2) is 36.3 Å². The summed E-state index contributed by atoms with van der Waals surface area (Å²) in [5.41, 5.74) is 0.502. The molecule has 1 aliphatic rings. The number of carbonyl (C=O) groups is 2. The van der Waals surface area contributed by atoms with E-state index in [4.69, 9.17) is 10.5 Å². The van der Waals surface area contributed by atoms with Crippen molar-refractivity contribution in [1.82, 2.24) is 0 Å². The van der Waals surface area contributed by atoms with E-state index in [-0.39, 0.29) is 10.4 Å². The number of amides is 2. The highest BCUT2D eigenvalue weighted by molar-refractivity contribution is 5.97. The van der Waals surface area contributed by atoms with Gasteiger partial charge in [0.05, 0.1) is 5.69 Å². The number of nitrogens with one attached hydrogen (secondary N) is 1. The zero-order valence-electron chi connectivity index (χ0n) is 18.4. The Morgan fingerprint density at radius 3 is 2.44 bits per heavy atom. The minimum Gasteiger partial charge on any atom is -0.618 e. The number of nitrogens with zero attached hydrogens (tertiary/aromatic N) is 1. The third-order valence-electron chi connectivity index (χ3n) is 6.01. The minimum atomic E-state index is -5.08. The molecule has 15 heteroatoms. The van der Waals surface area contributed by atoms with Crippen molar-refractivity contribution in [2.75, 3.05) is 5.32 Å². The molecule has 1 aromatic heterocycles. The van der Waals surface area contributed by atoms with Gasteiger partial charge in [-0.2, -0.15) is 31.1 Å². The number of primary amides is 1. The van der Waals surface area contributed by atoms with Gasteiger partial charge in [-0.05, 0) is 13.0 Å². The third-order valence-corrected chi connectivity index (χ3v) is 6.01. The molecule has 196 valence electrons. The topological polar surface area (TPSA) is 118 Å². The maximum absolute atomic E-state index is 14.4. The predicted molar refractivity (Wildman–Crippen MR) is 107 cm³/mol. The standard InChI is InChI=1S/C21H18F7N3O5/c1-8-13(10-3-4-11(22)14(23)15(10)35-19(24)25)16(36-20(8,2)21(26,27)28)18(33)30-9-5-6-31(34)12(7-9)17(29)32/h3-8,13,16,19H,1-2H3,(H2,29,32)(H,30,33)/t8-,13-,16+,20-/m1/s1. The van der Waals surface area contributed by atoms with Crippen molar-refractivity contribution in [2.45, 2.75) is 44.3 Å². The number of hydrogen-bond donors (Lipinski definition) is 2. The van der Waals surface area contributed by atoms with Crippen LogP contribution in [0.2, 0.25) is 0 Å². The maximum atomic E-state index is 14.4. The first-order chi connectivity index (χ1) is 16.6. The Morgan fingerprint density at radius 2 is 1.89 bits per heavy atom. The van der Waals surface area contributed by atoms with Gasteiger partial charge >= 0.3 is 18.7 Å². The van der Waals surface area contributed by atoms with E-state index < -0.39 is 76.8 Å². The molecule has 0 radical (unpaired) electrons. The molecular weight excluding hydrogens is 507 g/mol. The van der Waals surface area contributed by atoms with Crippen LogP contribution >= 0.6 is 0 Å². The molecule has 4 atom stereocenters. The number of halogens is 7. The van der Waals surface area contributed by atoms with Crippen molar-refractivity contribution in [3.8, 4) is 5.75 Å². The van der Waals surface area contributed by atoms with Gasteiger partial charge in [0.1, 0.15) is 6.10 Å². The molecule has 36 heavy (non-hydrogen) atoms. The molecule has 1 aliphatic heterocycles. The van der Waals surface area contributed by atoms with E-state index in [0.29, 0.717) is 13.0 Å². The van der Waals surface area contributed by atoms with Gasteiger partial charge < -0.3 is 25.7 Å². The molecule has 3 rings (SSSR count). The summed E-state index contributed by atoms with van der Waals surface area (Å²) in [5.74, 6) is -10.8. The highest BCUT2D eigenvalue weighted by Crippen LogP contribution is 2.55. The summed E-state index contributed by atoms with van der Waals surface area (Å²) in [6.07, 6.45) is -6.38. The Balaban J connectivity index is 2.11. The quantitative estimate of drug-likeness (QED) is 0.341. The number of alkyl halides is 5. The molecule has 1 saturated heterocycles. The number of rotatable bonds is 6. The van der Waals surface area contributed by atoms with Crippen LogP contribution < -0.4 is 20.5 Å². The number of pyridine rings is 1. The van der Waals surface area contributed by atoms with Gasteiger partial charge in [0.15, 0.2) is 23.4 Å². The van der Waals surface area contributed by atoms with Crippen LogP contribution in [0.5, 0.6) is 5.75 Å². The van der Waals surface area contributed by atoms with Gasteiger partial charge in [0.2, 0.25) is 5.82 Å².